The van der Waals surface area contributed by atoms with Crippen LogP contribution < -0.4 is 0 Å². The molecule has 0 radical (unpaired) electrons. The first-order chi connectivity index (χ1) is 11.1. The largest absolute Gasteiger partial charge is 0.324 e. The van der Waals surface area contributed by atoms with Gasteiger partial charge >= 0.3 is 0 Å². The Balaban J connectivity index is 1.87. The Morgan fingerprint density at radius 3 is 2.96 bits per heavy atom. The molecule has 0 spiro atoms. The molecule has 9 heteroatoms. The zero-order chi connectivity index (χ0) is 16.4. The molecular formula is C14H12F2N6O. The van der Waals surface area contributed by atoms with Crippen molar-refractivity contribution in [3.63, 3.8) is 0 Å². The summed E-state index contributed by atoms with van der Waals surface area (Å²) in [4.78, 5) is 20.4. The molecule has 1 atom stereocenters. The average molecular weight is 318 g/mol. The van der Waals surface area contributed by atoms with Gasteiger partial charge in [0.15, 0.2) is 0 Å². The van der Waals surface area contributed by atoms with Gasteiger partial charge in [-0.3, -0.25) is 4.79 Å². The van der Waals surface area contributed by atoms with Crippen LogP contribution in [0, 0.1) is 11.6 Å². The van der Waals surface area contributed by atoms with Gasteiger partial charge < -0.3 is 9.47 Å². The number of nitrogens with zero attached hydrogens (tertiary/aromatic N) is 6. The maximum absolute atomic E-state index is 14.4. The Morgan fingerprint density at radius 2 is 2.26 bits per heavy atom. The number of likely N-dealkylation sites (tertiary alicyclic amines) is 1. The third-order valence-electron chi connectivity index (χ3n) is 3.81. The van der Waals surface area contributed by atoms with E-state index in [0.29, 0.717) is 19.6 Å². The van der Waals surface area contributed by atoms with Crippen LogP contribution in [0.5, 0.6) is 0 Å². The Morgan fingerprint density at radius 1 is 1.43 bits per heavy atom. The van der Waals surface area contributed by atoms with Crippen LogP contribution in [-0.4, -0.2) is 26.9 Å². The summed E-state index contributed by atoms with van der Waals surface area (Å²) >= 11 is 0. The van der Waals surface area contributed by atoms with Crippen LogP contribution in [-0.2, 0) is 11.5 Å². The molecule has 1 fully saturated rings. The van der Waals surface area contributed by atoms with Gasteiger partial charge in [0, 0.05) is 29.4 Å². The second kappa shape index (κ2) is 6.05. The second-order valence-corrected chi connectivity index (χ2v) is 5.15. The molecule has 2 heterocycles. The number of imidazole rings is 1. The average Bonchev–Trinajstić information content (AvgIpc) is 3.16. The highest BCUT2D eigenvalue weighted by Crippen LogP contribution is 2.35. The molecule has 1 aromatic heterocycles. The van der Waals surface area contributed by atoms with Crippen LogP contribution in [0.3, 0.4) is 0 Å². The summed E-state index contributed by atoms with van der Waals surface area (Å²) in [7, 11) is 0. The van der Waals surface area contributed by atoms with Crippen LogP contribution in [0.1, 0.15) is 17.9 Å². The number of carbonyl (C=O) groups excluding carboxylic acids is 1. The van der Waals surface area contributed by atoms with E-state index in [1.807, 2.05) is 0 Å². The smallest absolute Gasteiger partial charge is 0.231 e. The molecule has 1 aliphatic rings. The van der Waals surface area contributed by atoms with Gasteiger partial charge in [-0.2, -0.15) is 0 Å². The van der Waals surface area contributed by atoms with Gasteiger partial charge in [-0.25, -0.2) is 13.8 Å². The summed E-state index contributed by atoms with van der Waals surface area (Å²) in [5.41, 5.74) is 7.75. The molecular weight excluding hydrogens is 306 g/mol. The SMILES string of the molecule is [N-]=[N+]=Nc1c(F)ccc(C2CCN(Cn3ccnc3)C2=O)c1F. The monoisotopic (exact) mass is 318 g/mol. The number of halogens is 2. The number of benzene rings is 1. The van der Waals surface area contributed by atoms with E-state index in [2.05, 4.69) is 15.0 Å². The van der Waals surface area contributed by atoms with Crippen LogP contribution >= 0.6 is 0 Å². The second-order valence-electron chi connectivity index (χ2n) is 5.15. The first-order valence-corrected chi connectivity index (χ1v) is 6.89. The molecule has 1 aliphatic heterocycles. The highest BCUT2D eigenvalue weighted by atomic mass is 19.1. The Labute approximate surface area is 129 Å². The lowest BCUT2D eigenvalue weighted by molar-refractivity contribution is -0.130. The fourth-order valence-electron chi connectivity index (χ4n) is 2.70. The Bertz CT molecular complexity index is 785. The highest BCUT2D eigenvalue weighted by molar-refractivity contribution is 5.86. The number of hydrogen-bond acceptors (Lipinski definition) is 3. The minimum absolute atomic E-state index is 0.0481. The van der Waals surface area contributed by atoms with Gasteiger partial charge in [-0.05, 0) is 18.0 Å². The standard InChI is InChI=1S/C14H12F2N6O/c15-11-2-1-9(12(16)13(11)19-20-17)10-3-5-22(14(10)23)8-21-6-4-18-7-21/h1-2,4,6-7,10H,3,5,8H2. The Hall–Kier alpha value is -2.93. The van der Waals surface area contributed by atoms with E-state index in [1.165, 1.54) is 6.07 Å². The van der Waals surface area contributed by atoms with E-state index in [0.717, 1.165) is 6.07 Å². The van der Waals surface area contributed by atoms with Crippen molar-refractivity contribution in [1.29, 1.82) is 0 Å². The molecule has 1 amide bonds. The van der Waals surface area contributed by atoms with E-state index < -0.39 is 23.2 Å². The third kappa shape index (κ3) is 2.74. The van der Waals surface area contributed by atoms with E-state index in [9.17, 15) is 13.6 Å². The lowest BCUT2D eigenvalue weighted by atomic mass is 9.96. The van der Waals surface area contributed by atoms with Crippen molar-refractivity contribution in [3.05, 3.63) is 58.5 Å². The molecule has 1 unspecified atom stereocenters. The molecule has 2 aromatic rings. The van der Waals surface area contributed by atoms with Crippen LogP contribution in [0.25, 0.3) is 10.4 Å². The van der Waals surface area contributed by atoms with E-state index >= 15 is 0 Å². The predicted octanol–water partition coefficient (Wildman–Crippen LogP) is 3.08. The minimum atomic E-state index is -0.981. The van der Waals surface area contributed by atoms with E-state index in [1.54, 1.807) is 28.2 Å². The quantitative estimate of drug-likeness (QED) is 0.493. The molecule has 1 aromatic carbocycles. The zero-order valence-corrected chi connectivity index (χ0v) is 11.9. The summed E-state index contributed by atoms with van der Waals surface area (Å²) in [6.45, 7) is 0.775. The summed E-state index contributed by atoms with van der Waals surface area (Å²) in [5.74, 6) is -2.90. The van der Waals surface area contributed by atoms with Gasteiger partial charge in [0.1, 0.15) is 17.3 Å². The third-order valence-corrected chi connectivity index (χ3v) is 3.81. The van der Waals surface area contributed by atoms with E-state index in [4.69, 9.17) is 5.53 Å². The summed E-state index contributed by atoms with van der Waals surface area (Å²) in [5, 5.41) is 3.04. The maximum atomic E-state index is 14.4. The van der Waals surface area contributed by atoms with Crippen molar-refractivity contribution >= 4 is 11.6 Å². The van der Waals surface area contributed by atoms with Gasteiger partial charge in [-0.1, -0.05) is 11.2 Å². The summed E-state index contributed by atoms with van der Waals surface area (Å²) in [6, 6.07) is 2.23. The number of azide groups is 1. The first kappa shape index (κ1) is 15.0. The van der Waals surface area contributed by atoms with Crippen molar-refractivity contribution < 1.29 is 13.6 Å². The zero-order valence-electron chi connectivity index (χ0n) is 11.9. The predicted molar refractivity (Wildman–Crippen MR) is 76.5 cm³/mol. The Kier molecular flexibility index (Phi) is 3.94. The van der Waals surface area contributed by atoms with Crippen LogP contribution in [0.15, 0.2) is 36.0 Å². The molecule has 23 heavy (non-hydrogen) atoms. The molecule has 3 rings (SSSR count). The maximum Gasteiger partial charge on any atom is 0.231 e. The summed E-state index contributed by atoms with van der Waals surface area (Å²) in [6.07, 6.45) is 5.31. The molecule has 0 saturated carbocycles. The van der Waals surface area contributed by atoms with Crippen molar-refractivity contribution in [3.8, 4) is 0 Å². The lowest BCUT2D eigenvalue weighted by Gasteiger charge is -2.17. The first-order valence-electron chi connectivity index (χ1n) is 6.89. The molecule has 7 nitrogen and oxygen atoms in total. The summed E-state index contributed by atoms with van der Waals surface area (Å²) < 4.78 is 29.6. The van der Waals surface area contributed by atoms with Crippen LogP contribution in [0.4, 0.5) is 14.5 Å². The number of amides is 1. The number of carbonyl (C=O) groups is 1. The van der Waals surface area contributed by atoms with Crippen LogP contribution in [0.2, 0.25) is 0 Å². The van der Waals surface area contributed by atoms with Crippen molar-refractivity contribution in [1.82, 2.24) is 14.5 Å². The molecule has 0 aliphatic carbocycles. The van der Waals surface area contributed by atoms with Gasteiger partial charge in [0.25, 0.3) is 0 Å². The normalized spacial score (nSPS) is 17.4. The molecule has 118 valence electrons. The van der Waals surface area contributed by atoms with Crippen molar-refractivity contribution in [2.24, 2.45) is 5.11 Å². The van der Waals surface area contributed by atoms with Gasteiger partial charge in [0.2, 0.25) is 5.91 Å². The fourth-order valence-corrected chi connectivity index (χ4v) is 2.70. The van der Waals surface area contributed by atoms with E-state index in [-0.39, 0.29) is 11.5 Å². The fraction of sp³-hybridized carbons (Fsp3) is 0.286. The molecule has 1 saturated heterocycles. The van der Waals surface area contributed by atoms with Crippen molar-refractivity contribution in [2.45, 2.75) is 19.0 Å². The molecule has 0 N–H and O–H groups in total. The lowest BCUT2D eigenvalue weighted by Crippen LogP contribution is -2.29. The molecule has 0 bridgehead atoms. The minimum Gasteiger partial charge on any atom is -0.324 e. The van der Waals surface area contributed by atoms with Gasteiger partial charge in [0.05, 0.1) is 18.9 Å². The highest BCUT2D eigenvalue weighted by Gasteiger charge is 2.35. The number of aromatic nitrogens is 2. The van der Waals surface area contributed by atoms with Gasteiger partial charge in [-0.15, -0.1) is 0 Å². The number of hydrogen-bond donors (Lipinski definition) is 0. The number of rotatable bonds is 4. The van der Waals surface area contributed by atoms with Crippen molar-refractivity contribution in [2.75, 3.05) is 6.54 Å². The topological polar surface area (TPSA) is 86.9 Å².